The molecule has 70 valence electrons. The molecule has 2 saturated heterocycles. The SMILES string of the molecule is C1COC(CNCC2CNC2)C1. The fourth-order valence-corrected chi connectivity index (χ4v) is 1.75. The molecule has 0 amide bonds. The molecule has 0 spiro atoms. The highest BCUT2D eigenvalue weighted by Gasteiger charge is 2.18. The Labute approximate surface area is 73.9 Å². The lowest BCUT2D eigenvalue weighted by atomic mass is 10.0. The molecule has 2 rings (SSSR count). The van der Waals surface area contributed by atoms with Crippen LogP contribution in [0.2, 0.25) is 0 Å². The molecule has 2 aliphatic heterocycles. The van der Waals surface area contributed by atoms with Crippen LogP contribution in [0.1, 0.15) is 12.8 Å². The van der Waals surface area contributed by atoms with Gasteiger partial charge in [-0.15, -0.1) is 0 Å². The fourth-order valence-electron chi connectivity index (χ4n) is 1.75. The van der Waals surface area contributed by atoms with E-state index in [1.807, 2.05) is 0 Å². The molecule has 0 radical (unpaired) electrons. The zero-order valence-corrected chi connectivity index (χ0v) is 7.51. The average molecular weight is 170 g/mol. The van der Waals surface area contributed by atoms with Gasteiger partial charge in [0.1, 0.15) is 0 Å². The van der Waals surface area contributed by atoms with Gasteiger partial charge in [-0.3, -0.25) is 0 Å². The van der Waals surface area contributed by atoms with E-state index in [0.717, 1.165) is 25.6 Å². The van der Waals surface area contributed by atoms with Crippen molar-refractivity contribution >= 4 is 0 Å². The van der Waals surface area contributed by atoms with Crippen LogP contribution in [0.3, 0.4) is 0 Å². The van der Waals surface area contributed by atoms with Crippen molar-refractivity contribution in [2.75, 3.05) is 32.8 Å². The highest BCUT2D eigenvalue weighted by Crippen LogP contribution is 2.10. The minimum Gasteiger partial charge on any atom is -0.377 e. The minimum absolute atomic E-state index is 0.498. The zero-order chi connectivity index (χ0) is 8.23. The molecular weight excluding hydrogens is 152 g/mol. The van der Waals surface area contributed by atoms with Gasteiger partial charge in [-0.05, 0) is 18.8 Å². The topological polar surface area (TPSA) is 33.3 Å². The summed E-state index contributed by atoms with van der Waals surface area (Å²) in [6.45, 7) is 5.57. The largest absolute Gasteiger partial charge is 0.377 e. The normalized spacial score (nSPS) is 30.5. The minimum atomic E-state index is 0.498. The standard InChI is InChI=1S/C9H18N2O/c1-2-9(12-3-1)7-11-6-8-4-10-5-8/h8-11H,1-7H2. The fraction of sp³-hybridized carbons (Fsp3) is 1.00. The predicted octanol–water partition coefficient (Wildman–Crippen LogP) is -0.0256. The van der Waals surface area contributed by atoms with Crippen LogP contribution < -0.4 is 10.6 Å². The van der Waals surface area contributed by atoms with Crippen molar-refractivity contribution in [1.82, 2.24) is 10.6 Å². The van der Waals surface area contributed by atoms with Crippen molar-refractivity contribution in [3.8, 4) is 0 Å². The Hall–Kier alpha value is -0.120. The van der Waals surface area contributed by atoms with E-state index in [4.69, 9.17) is 4.74 Å². The summed E-state index contributed by atoms with van der Waals surface area (Å²) in [5, 5.41) is 6.73. The van der Waals surface area contributed by atoms with Crippen LogP contribution in [0.5, 0.6) is 0 Å². The van der Waals surface area contributed by atoms with Crippen LogP contribution in [0.15, 0.2) is 0 Å². The maximum atomic E-state index is 5.51. The highest BCUT2D eigenvalue weighted by molar-refractivity contribution is 4.77. The van der Waals surface area contributed by atoms with Gasteiger partial charge >= 0.3 is 0 Å². The van der Waals surface area contributed by atoms with Gasteiger partial charge < -0.3 is 15.4 Å². The molecule has 0 saturated carbocycles. The maximum absolute atomic E-state index is 5.51. The molecule has 3 heteroatoms. The smallest absolute Gasteiger partial charge is 0.0700 e. The number of rotatable bonds is 4. The van der Waals surface area contributed by atoms with Crippen molar-refractivity contribution in [3.63, 3.8) is 0 Å². The first kappa shape index (κ1) is 8.48. The second kappa shape index (κ2) is 4.21. The molecule has 0 aromatic heterocycles. The van der Waals surface area contributed by atoms with E-state index in [-0.39, 0.29) is 0 Å². The Morgan fingerprint density at radius 1 is 1.33 bits per heavy atom. The molecular formula is C9H18N2O. The van der Waals surface area contributed by atoms with E-state index in [0.29, 0.717) is 6.10 Å². The van der Waals surface area contributed by atoms with E-state index in [9.17, 15) is 0 Å². The van der Waals surface area contributed by atoms with Gasteiger partial charge in [0.2, 0.25) is 0 Å². The van der Waals surface area contributed by atoms with Crippen LogP contribution in [0.25, 0.3) is 0 Å². The molecule has 0 bridgehead atoms. The van der Waals surface area contributed by atoms with Gasteiger partial charge in [0, 0.05) is 32.8 Å². The van der Waals surface area contributed by atoms with Crippen molar-refractivity contribution < 1.29 is 4.74 Å². The summed E-state index contributed by atoms with van der Waals surface area (Å²) in [5.74, 6) is 0.867. The van der Waals surface area contributed by atoms with E-state index in [2.05, 4.69) is 10.6 Å². The van der Waals surface area contributed by atoms with Gasteiger partial charge in [0.25, 0.3) is 0 Å². The molecule has 0 aromatic rings. The van der Waals surface area contributed by atoms with Crippen molar-refractivity contribution in [2.24, 2.45) is 5.92 Å². The van der Waals surface area contributed by atoms with E-state index in [1.165, 1.54) is 25.9 Å². The number of hydrogen-bond acceptors (Lipinski definition) is 3. The van der Waals surface area contributed by atoms with E-state index < -0.39 is 0 Å². The summed E-state index contributed by atoms with van der Waals surface area (Å²) in [6, 6.07) is 0. The third-order valence-corrected chi connectivity index (χ3v) is 2.70. The number of ether oxygens (including phenoxy) is 1. The maximum Gasteiger partial charge on any atom is 0.0700 e. The Kier molecular flexibility index (Phi) is 2.98. The molecule has 2 heterocycles. The van der Waals surface area contributed by atoms with Gasteiger partial charge in [-0.25, -0.2) is 0 Å². The lowest BCUT2D eigenvalue weighted by Gasteiger charge is -2.27. The summed E-state index contributed by atoms with van der Waals surface area (Å²) in [4.78, 5) is 0. The van der Waals surface area contributed by atoms with Gasteiger partial charge in [-0.2, -0.15) is 0 Å². The summed E-state index contributed by atoms with van der Waals surface area (Å²) in [5.41, 5.74) is 0. The summed E-state index contributed by atoms with van der Waals surface area (Å²) >= 11 is 0. The van der Waals surface area contributed by atoms with Crippen LogP contribution >= 0.6 is 0 Å². The molecule has 1 unspecified atom stereocenters. The second-order valence-corrected chi connectivity index (χ2v) is 3.82. The second-order valence-electron chi connectivity index (χ2n) is 3.82. The van der Waals surface area contributed by atoms with Crippen LogP contribution in [-0.2, 0) is 4.74 Å². The third kappa shape index (κ3) is 2.19. The summed E-state index contributed by atoms with van der Waals surface area (Å²) in [7, 11) is 0. The Balaban J connectivity index is 1.49. The molecule has 3 nitrogen and oxygen atoms in total. The lowest BCUT2D eigenvalue weighted by Crippen LogP contribution is -2.48. The molecule has 1 atom stereocenters. The molecule has 0 aliphatic carbocycles. The number of nitrogens with one attached hydrogen (secondary N) is 2. The van der Waals surface area contributed by atoms with E-state index >= 15 is 0 Å². The zero-order valence-electron chi connectivity index (χ0n) is 7.51. The Bertz CT molecular complexity index is 130. The van der Waals surface area contributed by atoms with Crippen LogP contribution in [0.4, 0.5) is 0 Å². The first-order chi connectivity index (χ1) is 5.95. The van der Waals surface area contributed by atoms with Crippen molar-refractivity contribution in [2.45, 2.75) is 18.9 Å². The van der Waals surface area contributed by atoms with Crippen LogP contribution in [0, 0.1) is 5.92 Å². The molecule has 2 N–H and O–H groups in total. The molecule has 0 aromatic carbocycles. The van der Waals surface area contributed by atoms with Crippen molar-refractivity contribution in [3.05, 3.63) is 0 Å². The molecule has 12 heavy (non-hydrogen) atoms. The first-order valence-electron chi connectivity index (χ1n) is 4.98. The number of hydrogen-bond donors (Lipinski definition) is 2. The molecule has 2 aliphatic rings. The Morgan fingerprint density at radius 2 is 2.25 bits per heavy atom. The quantitative estimate of drug-likeness (QED) is 0.622. The predicted molar refractivity (Wildman–Crippen MR) is 48.2 cm³/mol. The van der Waals surface area contributed by atoms with Crippen molar-refractivity contribution in [1.29, 1.82) is 0 Å². The highest BCUT2D eigenvalue weighted by atomic mass is 16.5. The average Bonchev–Trinajstić information content (AvgIpc) is 2.46. The van der Waals surface area contributed by atoms with Gasteiger partial charge in [-0.1, -0.05) is 0 Å². The summed E-state index contributed by atoms with van der Waals surface area (Å²) in [6.07, 6.45) is 2.99. The lowest BCUT2D eigenvalue weighted by molar-refractivity contribution is 0.108. The van der Waals surface area contributed by atoms with Crippen LogP contribution in [-0.4, -0.2) is 38.9 Å². The van der Waals surface area contributed by atoms with Gasteiger partial charge in [0.05, 0.1) is 6.10 Å². The van der Waals surface area contributed by atoms with E-state index in [1.54, 1.807) is 0 Å². The Morgan fingerprint density at radius 3 is 2.83 bits per heavy atom. The molecule has 2 fully saturated rings. The first-order valence-corrected chi connectivity index (χ1v) is 4.98. The van der Waals surface area contributed by atoms with Gasteiger partial charge in [0.15, 0.2) is 0 Å². The third-order valence-electron chi connectivity index (χ3n) is 2.70. The monoisotopic (exact) mass is 170 g/mol. The summed E-state index contributed by atoms with van der Waals surface area (Å²) < 4.78 is 5.51.